The van der Waals surface area contributed by atoms with Gasteiger partial charge in [0, 0.05) is 57.0 Å². The SMILES string of the molecule is CC[C@H](C)[C@H](NC(=O)[C@@H](CS)NC(C)=O)C(=O)N[C@H]1Cc2ccc(cc2)NC(=O)CCCCCCC(=O)NCCCC[C@@H](C(=O)N[C@@H](Cc2ccc(O)cc2)C(=O)N[C@@H](Cc2ccc(O)cc2)C(=O)O)NC1=O. The van der Waals surface area contributed by atoms with E-state index in [9.17, 15) is 58.5 Å². The zero-order chi connectivity index (χ0) is 53.5. The Morgan fingerprint density at radius 1 is 0.685 bits per heavy atom. The highest BCUT2D eigenvalue weighted by atomic mass is 32.1. The molecule has 0 saturated carbocycles. The van der Waals surface area contributed by atoms with Crippen LogP contribution in [0.25, 0.3) is 0 Å². The zero-order valence-electron chi connectivity index (χ0n) is 41.5. The molecule has 0 saturated heterocycles. The van der Waals surface area contributed by atoms with Gasteiger partial charge in [0.05, 0.1) is 0 Å². The van der Waals surface area contributed by atoms with Crippen LogP contribution in [0.3, 0.4) is 0 Å². The first-order valence-corrected chi connectivity index (χ1v) is 25.3. The van der Waals surface area contributed by atoms with Crippen LogP contribution in [0.15, 0.2) is 72.8 Å². The average molecular weight is 1030 g/mol. The second-order valence-corrected chi connectivity index (χ2v) is 18.7. The van der Waals surface area contributed by atoms with E-state index in [0.29, 0.717) is 48.1 Å². The predicted molar refractivity (Wildman–Crippen MR) is 275 cm³/mol. The fourth-order valence-electron chi connectivity index (χ4n) is 7.99. The molecular weight excluding hydrogens is 961 g/mol. The molecule has 73 heavy (non-hydrogen) atoms. The monoisotopic (exact) mass is 1030 g/mol. The van der Waals surface area contributed by atoms with Gasteiger partial charge < -0.3 is 57.9 Å². The molecule has 2 aliphatic rings. The first-order chi connectivity index (χ1) is 34.8. The summed E-state index contributed by atoms with van der Waals surface area (Å²) in [6, 6.07) is 10.3. The number of hydrogen-bond acceptors (Lipinski definition) is 12. The topological polar surface area (TPSA) is 311 Å². The average Bonchev–Trinajstić information content (AvgIpc) is 3.35. The molecule has 21 heteroatoms. The van der Waals surface area contributed by atoms with Crippen molar-refractivity contribution in [3.8, 4) is 11.5 Å². The highest BCUT2D eigenvalue weighted by molar-refractivity contribution is 7.80. The standard InChI is InChI=1S/C52H70N8O12S/c1-4-31(2)46(60-50(69)43(30-73)54-32(3)61)51(70)58-41-27-33-14-20-36(21-15-33)55-45(65)13-8-6-5-7-12-44(64)53-26-10-9-11-39(56-48(41)67)47(66)57-40(28-34-16-22-37(62)23-17-34)49(68)59-42(52(71)72)29-35-18-24-38(63)25-19-35/h14-25,31,39-43,46,62-63,73H,4-13,26-30H2,1-3H3,(H,53,64)(H,54,61)(H,55,65)(H,56,67)(H,57,66)(H,58,70)(H,59,68)(H,60,69)(H,71,72)/t31-,39-,40-,41-,42-,43+,46-/m0/s1. The van der Waals surface area contributed by atoms with Gasteiger partial charge in [-0.1, -0.05) is 69.5 Å². The largest absolute Gasteiger partial charge is 0.508 e. The van der Waals surface area contributed by atoms with Gasteiger partial charge in [0.2, 0.25) is 47.3 Å². The van der Waals surface area contributed by atoms with Gasteiger partial charge in [-0.15, -0.1) is 0 Å². The van der Waals surface area contributed by atoms with Gasteiger partial charge in [-0.05, 0) is 91.1 Å². The number of carbonyl (C=O) groups excluding carboxylic acids is 8. The second kappa shape index (κ2) is 30.0. The molecular formula is C52H70N8O12S. The number of phenolic OH excluding ortho intramolecular Hbond substituents is 2. The number of anilines is 1. The van der Waals surface area contributed by atoms with Crippen LogP contribution in [0.4, 0.5) is 5.69 Å². The highest BCUT2D eigenvalue weighted by Crippen LogP contribution is 2.18. The molecule has 2 bridgehead atoms. The van der Waals surface area contributed by atoms with E-state index in [-0.39, 0.29) is 80.6 Å². The molecule has 7 atom stereocenters. The number of phenols is 2. The fraction of sp³-hybridized carbons (Fsp3) is 0.481. The van der Waals surface area contributed by atoms with Gasteiger partial charge in [0.15, 0.2) is 0 Å². The van der Waals surface area contributed by atoms with Gasteiger partial charge >= 0.3 is 5.97 Å². The fourth-order valence-corrected chi connectivity index (χ4v) is 8.25. The Kier molecular flexibility index (Phi) is 24.0. The van der Waals surface area contributed by atoms with Crippen LogP contribution in [0.1, 0.15) is 102 Å². The zero-order valence-corrected chi connectivity index (χ0v) is 42.4. The Balaban J connectivity index is 1.71. The smallest absolute Gasteiger partial charge is 0.326 e. The molecule has 11 N–H and O–H groups in total. The first kappa shape index (κ1) is 58.4. The maximum absolute atomic E-state index is 14.7. The van der Waals surface area contributed by atoms with E-state index in [1.165, 1.54) is 55.5 Å². The van der Waals surface area contributed by atoms with Crippen molar-refractivity contribution in [2.24, 2.45) is 5.92 Å². The van der Waals surface area contributed by atoms with Crippen molar-refractivity contribution in [1.82, 2.24) is 37.2 Å². The molecule has 0 spiro atoms. The number of aliphatic carboxylic acids is 1. The lowest BCUT2D eigenvalue weighted by atomic mass is 9.96. The number of nitrogens with one attached hydrogen (secondary N) is 8. The van der Waals surface area contributed by atoms with Crippen LogP contribution < -0.4 is 42.5 Å². The van der Waals surface area contributed by atoms with Crippen LogP contribution in [0.2, 0.25) is 0 Å². The first-order valence-electron chi connectivity index (χ1n) is 24.7. The summed E-state index contributed by atoms with van der Waals surface area (Å²) in [7, 11) is 0. The number of carboxylic acids is 1. The van der Waals surface area contributed by atoms with Crippen LogP contribution in [-0.4, -0.2) is 117 Å². The molecule has 3 aromatic rings. The quantitative estimate of drug-likeness (QED) is 0.0870. The number of carbonyl (C=O) groups is 9. The minimum atomic E-state index is -1.47. The summed E-state index contributed by atoms with van der Waals surface area (Å²) in [5.74, 6) is -6.85. The molecule has 0 unspecified atom stereocenters. The van der Waals surface area contributed by atoms with Crippen molar-refractivity contribution in [3.05, 3.63) is 89.5 Å². The molecule has 2 heterocycles. The predicted octanol–water partition coefficient (Wildman–Crippen LogP) is 2.69. The normalized spacial score (nSPS) is 18.4. The van der Waals surface area contributed by atoms with Crippen molar-refractivity contribution >= 4 is 71.5 Å². The number of rotatable bonds is 17. The molecule has 8 amide bonds. The van der Waals surface area contributed by atoms with Crippen LogP contribution in [0, 0.1) is 5.92 Å². The summed E-state index contributed by atoms with van der Waals surface area (Å²) in [6.45, 7) is 5.02. The third-order valence-electron chi connectivity index (χ3n) is 12.4. The van der Waals surface area contributed by atoms with Gasteiger partial charge in [0.1, 0.15) is 47.8 Å². The lowest BCUT2D eigenvalue weighted by molar-refractivity contribution is -0.142. The Morgan fingerprint density at radius 3 is 1.82 bits per heavy atom. The number of amides is 8. The van der Waals surface area contributed by atoms with Crippen molar-refractivity contribution in [2.75, 3.05) is 17.6 Å². The summed E-state index contributed by atoms with van der Waals surface area (Å²) in [4.78, 5) is 121. The van der Waals surface area contributed by atoms with Gasteiger partial charge in [-0.25, -0.2) is 4.79 Å². The molecule has 0 fully saturated rings. The van der Waals surface area contributed by atoms with Crippen molar-refractivity contribution in [1.29, 1.82) is 0 Å². The van der Waals surface area contributed by atoms with E-state index < -0.39 is 83.6 Å². The van der Waals surface area contributed by atoms with Gasteiger partial charge in [-0.2, -0.15) is 12.6 Å². The van der Waals surface area contributed by atoms with E-state index in [4.69, 9.17) is 0 Å². The van der Waals surface area contributed by atoms with Crippen molar-refractivity contribution < 1.29 is 58.5 Å². The summed E-state index contributed by atoms with van der Waals surface area (Å²) < 4.78 is 0. The van der Waals surface area contributed by atoms with Crippen molar-refractivity contribution in [2.45, 2.75) is 140 Å². The molecule has 3 aromatic carbocycles. The molecule has 2 aliphatic heterocycles. The Morgan fingerprint density at radius 2 is 1.26 bits per heavy atom. The van der Waals surface area contributed by atoms with E-state index in [1.807, 2.05) is 0 Å². The molecule has 0 aliphatic carbocycles. The number of benzene rings is 3. The maximum Gasteiger partial charge on any atom is 0.326 e. The minimum absolute atomic E-state index is 0.0194. The summed E-state index contributed by atoms with van der Waals surface area (Å²) in [5, 5.41) is 51.6. The summed E-state index contributed by atoms with van der Waals surface area (Å²) in [6.07, 6.45) is 3.88. The van der Waals surface area contributed by atoms with Crippen LogP contribution in [-0.2, 0) is 62.4 Å². The summed E-state index contributed by atoms with van der Waals surface area (Å²) in [5.41, 5.74) is 2.01. The molecule has 20 nitrogen and oxygen atoms in total. The van der Waals surface area contributed by atoms with Gasteiger partial charge in [-0.3, -0.25) is 38.4 Å². The van der Waals surface area contributed by atoms with E-state index in [0.717, 1.165) is 12.8 Å². The minimum Gasteiger partial charge on any atom is -0.508 e. The van der Waals surface area contributed by atoms with E-state index >= 15 is 0 Å². The number of thiol groups is 1. The maximum atomic E-state index is 14.7. The Hall–Kier alpha value is -7.16. The van der Waals surface area contributed by atoms with Gasteiger partial charge in [0.25, 0.3) is 0 Å². The van der Waals surface area contributed by atoms with E-state index in [1.54, 1.807) is 38.1 Å². The number of carboxylic acid groups (broad SMARTS) is 1. The number of hydrogen-bond donors (Lipinski definition) is 12. The number of fused-ring (bicyclic) bond motifs is 20. The van der Waals surface area contributed by atoms with E-state index in [2.05, 4.69) is 55.2 Å². The third-order valence-corrected chi connectivity index (χ3v) is 12.8. The Bertz CT molecular complexity index is 2350. The van der Waals surface area contributed by atoms with Crippen LogP contribution >= 0.6 is 12.6 Å². The number of aromatic hydroxyl groups is 2. The molecule has 0 aromatic heterocycles. The third kappa shape index (κ3) is 20.5. The highest BCUT2D eigenvalue weighted by Gasteiger charge is 2.35. The lowest BCUT2D eigenvalue weighted by Gasteiger charge is -2.29. The molecule has 5 rings (SSSR count). The molecule has 0 radical (unpaired) electrons. The van der Waals surface area contributed by atoms with Crippen molar-refractivity contribution in [3.63, 3.8) is 0 Å². The second-order valence-electron chi connectivity index (χ2n) is 18.3. The van der Waals surface area contributed by atoms with Crippen LogP contribution in [0.5, 0.6) is 11.5 Å². The lowest BCUT2D eigenvalue weighted by Crippen LogP contribution is -2.61. The Labute approximate surface area is 430 Å². The molecule has 396 valence electrons. The summed E-state index contributed by atoms with van der Waals surface area (Å²) >= 11 is 4.19.